The summed E-state index contributed by atoms with van der Waals surface area (Å²) in [4.78, 5) is 8.59. The first-order valence-corrected chi connectivity index (χ1v) is 7.93. The van der Waals surface area contributed by atoms with Crippen molar-refractivity contribution in [3.05, 3.63) is 66.1 Å². The van der Waals surface area contributed by atoms with E-state index in [1.165, 1.54) is 11.1 Å². The molecule has 0 N–H and O–H groups in total. The van der Waals surface area contributed by atoms with Gasteiger partial charge in [0.1, 0.15) is 11.5 Å². The third-order valence-corrected chi connectivity index (χ3v) is 3.98. The summed E-state index contributed by atoms with van der Waals surface area (Å²) in [5.41, 5.74) is 4.23. The van der Waals surface area contributed by atoms with Gasteiger partial charge in [0.15, 0.2) is 0 Å². The molecule has 0 unspecified atom stereocenters. The van der Waals surface area contributed by atoms with E-state index in [-0.39, 0.29) is 0 Å². The summed E-state index contributed by atoms with van der Waals surface area (Å²) in [7, 11) is 1.64. The van der Waals surface area contributed by atoms with E-state index in [1.807, 2.05) is 24.3 Å². The van der Waals surface area contributed by atoms with Crippen LogP contribution in [0.25, 0.3) is 11.1 Å². The number of pyridine rings is 2. The fourth-order valence-corrected chi connectivity index (χ4v) is 2.64. The number of nitrogens with zero attached hydrogens (tertiary/aromatic N) is 2. The zero-order valence-electron chi connectivity index (χ0n) is 14.1. The van der Waals surface area contributed by atoms with Gasteiger partial charge in [-0.05, 0) is 54.8 Å². The van der Waals surface area contributed by atoms with Gasteiger partial charge in [-0.25, -0.2) is 4.98 Å². The summed E-state index contributed by atoms with van der Waals surface area (Å²) in [5, 5.41) is 0. The summed E-state index contributed by atoms with van der Waals surface area (Å²) in [5.74, 6) is 2.05. The molecule has 0 spiro atoms. The number of aryl methyl sites for hydroxylation is 2. The maximum absolute atomic E-state index is 6.07. The third-order valence-electron chi connectivity index (χ3n) is 3.98. The first-order valence-electron chi connectivity index (χ1n) is 7.93. The van der Waals surface area contributed by atoms with Gasteiger partial charge in [0.2, 0.25) is 5.88 Å². The van der Waals surface area contributed by atoms with Gasteiger partial charge < -0.3 is 9.47 Å². The highest BCUT2D eigenvalue weighted by atomic mass is 16.5. The lowest BCUT2D eigenvalue weighted by molar-refractivity contribution is 0.415. The molecule has 0 atom stereocenters. The van der Waals surface area contributed by atoms with E-state index in [2.05, 4.69) is 35.9 Å². The molecule has 1 aromatic carbocycles. The minimum Gasteiger partial charge on any atom is -0.496 e. The predicted molar refractivity (Wildman–Crippen MR) is 94.7 cm³/mol. The first kappa shape index (κ1) is 16.0. The van der Waals surface area contributed by atoms with E-state index in [0.29, 0.717) is 5.88 Å². The standard InChI is InChI=1S/C20H20N2O2/c1-4-15-12-16(8-7-14(15)2)24-20-17(6-5-10-22-20)18-13-21-11-9-19(18)23-3/h5-13H,4H2,1-3H3. The van der Waals surface area contributed by atoms with Crippen molar-refractivity contribution < 1.29 is 9.47 Å². The van der Waals surface area contributed by atoms with E-state index in [1.54, 1.807) is 25.7 Å². The molecule has 0 aliphatic carbocycles. The van der Waals surface area contributed by atoms with Crippen molar-refractivity contribution in [2.24, 2.45) is 0 Å². The molecular weight excluding hydrogens is 300 g/mol. The summed E-state index contributed by atoms with van der Waals surface area (Å²) in [6.45, 7) is 4.24. The number of methoxy groups -OCH3 is 1. The molecule has 0 radical (unpaired) electrons. The van der Waals surface area contributed by atoms with Crippen LogP contribution in [0.2, 0.25) is 0 Å². The van der Waals surface area contributed by atoms with Gasteiger partial charge in [0, 0.05) is 29.7 Å². The summed E-state index contributed by atoms with van der Waals surface area (Å²) in [6.07, 6.45) is 6.15. The monoisotopic (exact) mass is 320 g/mol. The molecule has 0 bridgehead atoms. The number of rotatable bonds is 5. The molecule has 2 heterocycles. The van der Waals surface area contributed by atoms with Gasteiger partial charge in [-0.15, -0.1) is 0 Å². The Morgan fingerprint density at radius 3 is 2.71 bits per heavy atom. The lowest BCUT2D eigenvalue weighted by atomic mass is 10.1. The van der Waals surface area contributed by atoms with E-state index in [0.717, 1.165) is 29.0 Å². The average Bonchev–Trinajstić information content (AvgIpc) is 2.63. The Balaban J connectivity index is 2.01. The highest BCUT2D eigenvalue weighted by Gasteiger charge is 2.13. The quantitative estimate of drug-likeness (QED) is 0.676. The average molecular weight is 320 g/mol. The highest BCUT2D eigenvalue weighted by molar-refractivity contribution is 5.73. The van der Waals surface area contributed by atoms with E-state index in [9.17, 15) is 0 Å². The Hall–Kier alpha value is -2.88. The molecule has 0 aliphatic rings. The first-order chi connectivity index (χ1) is 11.7. The second-order valence-corrected chi connectivity index (χ2v) is 5.48. The van der Waals surface area contributed by atoms with Gasteiger partial charge in [0.05, 0.1) is 7.11 Å². The largest absolute Gasteiger partial charge is 0.496 e. The van der Waals surface area contributed by atoms with Gasteiger partial charge in [0.25, 0.3) is 0 Å². The molecule has 0 fully saturated rings. The number of benzene rings is 1. The lowest BCUT2D eigenvalue weighted by Gasteiger charge is -2.13. The van der Waals surface area contributed by atoms with Gasteiger partial charge >= 0.3 is 0 Å². The summed E-state index contributed by atoms with van der Waals surface area (Å²) < 4.78 is 11.5. The maximum Gasteiger partial charge on any atom is 0.227 e. The molecule has 0 amide bonds. The van der Waals surface area contributed by atoms with Crippen molar-refractivity contribution in [2.75, 3.05) is 7.11 Å². The van der Waals surface area contributed by atoms with Crippen molar-refractivity contribution >= 4 is 0 Å². The van der Waals surface area contributed by atoms with Gasteiger partial charge in [-0.2, -0.15) is 0 Å². The molecule has 122 valence electrons. The number of hydrogen-bond acceptors (Lipinski definition) is 4. The molecule has 4 heteroatoms. The minimum absolute atomic E-state index is 0.537. The van der Waals surface area contributed by atoms with Crippen molar-refractivity contribution in [3.8, 4) is 28.5 Å². The molecule has 4 nitrogen and oxygen atoms in total. The Morgan fingerprint density at radius 1 is 1.04 bits per heavy atom. The second kappa shape index (κ2) is 7.13. The van der Waals surface area contributed by atoms with E-state index in [4.69, 9.17) is 9.47 Å². The zero-order valence-corrected chi connectivity index (χ0v) is 14.1. The van der Waals surface area contributed by atoms with Crippen LogP contribution in [0.1, 0.15) is 18.1 Å². The zero-order chi connectivity index (χ0) is 16.9. The van der Waals surface area contributed by atoms with Crippen LogP contribution in [0.15, 0.2) is 55.0 Å². The van der Waals surface area contributed by atoms with Gasteiger partial charge in [-0.3, -0.25) is 4.98 Å². The van der Waals surface area contributed by atoms with Crippen LogP contribution in [-0.4, -0.2) is 17.1 Å². The van der Waals surface area contributed by atoms with E-state index >= 15 is 0 Å². The maximum atomic E-state index is 6.07. The van der Waals surface area contributed by atoms with E-state index < -0.39 is 0 Å². The fraction of sp³-hybridized carbons (Fsp3) is 0.200. The minimum atomic E-state index is 0.537. The van der Waals surface area contributed by atoms with Crippen LogP contribution in [0.4, 0.5) is 0 Å². The molecule has 0 aliphatic heterocycles. The van der Waals surface area contributed by atoms with Crippen LogP contribution in [0.5, 0.6) is 17.4 Å². The molecule has 2 aromatic heterocycles. The van der Waals surface area contributed by atoms with Crippen molar-refractivity contribution in [1.82, 2.24) is 9.97 Å². The Morgan fingerprint density at radius 2 is 1.92 bits per heavy atom. The number of ether oxygens (including phenoxy) is 2. The predicted octanol–water partition coefficient (Wildman–Crippen LogP) is 4.82. The van der Waals surface area contributed by atoms with Crippen LogP contribution in [0, 0.1) is 6.92 Å². The normalized spacial score (nSPS) is 10.5. The van der Waals surface area contributed by atoms with Crippen molar-refractivity contribution in [2.45, 2.75) is 20.3 Å². The van der Waals surface area contributed by atoms with Crippen molar-refractivity contribution in [1.29, 1.82) is 0 Å². The summed E-state index contributed by atoms with van der Waals surface area (Å²) >= 11 is 0. The van der Waals surface area contributed by atoms with Crippen molar-refractivity contribution in [3.63, 3.8) is 0 Å². The molecule has 3 rings (SSSR count). The highest BCUT2D eigenvalue weighted by Crippen LogP contribution is 2.36. The fourth-order valence-electron chi connectivity index (χ4n) is 2.64. The van der Waals surface area contributed by atoms with Crippen LogP contribution in [0.3, 0.4) is 0 Å². The molecule has 3 aromatic rings. The number of hydrogen-bond donors (Lipinski definition) is 0. The Bertz CT molecular complexity index is 847. The Kier molecular flexibility index (Phi) is 4.75. The SMILES string of the molecule is CCc1cc(Oc2ncccc2-c2cnccc2OC)ccc1C. The van der Waals surface area contributed by atoms with Gasteiger partial charge in [-0.1, -0.05) is 13.0 Å². The van der Waals surface area contributed by atoms with Crippen LogP contribution < -0.4 is 9.47 Å². The molecule has 0 saturated heterocycles. The van der Waals surface area contributed by atoms with Crippen LogP contribution in [-0.2, 0) is 6.42 Å². The molecular formula is C20H20N2O2. The Labute approximate surface area is 142 Å². The lowest BCUT2D eigenvalue weighted by Crippen LogP contribution is -1.95. The van der Waals surface area contributed by atoms with Crippen LogP contribution >= 0.6 is 0 Å². The topological polar surface area (TPSA) is 44.2 Å². The molecule has 0 saturated carbocycles. The molecule has 24 heavy (non-hydrogen) atoms. The summed E-state index contributed by atoms with van der Waals surface area (Å²) in [6, 6.07) is 11.8. The number of aromatic nitrogens is 2. The third kappa shape index (κ3) is 3.23. The second-order valence-electron chi connectivity index (χ2n) is 5.48. The smallest absolute Gasteiger partial charge is 0.227 e.